The van der Waals surface area contributed by atoms with Crippen LogP contribution in [0.15, 0.2) is 30.3 Å². The summed E-state index contributed by atoms with van der Waals surface area (Å²) in [5.41, 5.74) is 0.552. The van der Waals surface area contributed by atoms with Gasteiger partial charge in [-0.15, -0.1) is 0 Å². The maximum atomic E-state index is 13.9. The van der Waals surface area contributed by atoms with Crippen LogP contribution in [-0.4, -0.2) is 48.0 Å². The number of piperidine rings is 1. The smallest absolute Gasteiger partial charge is 0.256 e. The average molecular weight is 459 g/mol. The van der Waals surface area contributed by atoms with Gasteiger partial charge in [-0.05, 0) is 25.0 Å². The van der Waals surface area contributed by atoms with Gasteiger partial charge in [0.25, 0.3) is 5.91 Å². The van der Waals surface area contributed by atoms with Crippen LogP contribution in [0.1, 0.15) is 23.2 Å². The first-order valence-corrected chi connectivity index (χ1v) is 11.0. The van der Waals surface area contributed by atoms with Crippen LogP contribution < -0.4 is 14.8 Å². The van der Waals surface area contributed by atoms with E-state index in [1.165, 1.54) is 16.2 Å². The summed E-state index contributed by atoms with van der Waals surface area (Å²) in [4.78, 5) is 31.2. The Kier molecular flexibility index (Phi) is 5.38. The number of hydrogen-bond acceptors (Lipinski definition) is 6. The number of fused-ring (bicyclic) bond motifs is 2. The van der Waals surface area contributed by atoms with Gasteiger partial charge < -0.3 is 19.7 Å². The summed E-state index contributed by atoms with van der Waals surface area (Å²) in [6.45, 7) is 1.61. The molecule has 2 aliphatic heterocycles. The molecular formula is C22H19F2N3O4S. The normalized spacial score (nSPS) is 16.2. The van der Waals surface area contributed by atoms with E-state index < -0.39 is 17.5 Å². The number of carbonyl (C=O) groups is 2. The lowest BCUT2D eigenvalue weighted by Gasteiger charge is -2.31. The van der Waals surface area contributed by atoms with Crippen molar-refractivity contribution in [1.82, 2.24) is 9.88 Å². The Bertz CT molecular complexity index is 1160. The van der Waals surface area contributed by atoms with Crippen molar-refractivity contribution in [2.75, 3.05) is 31.6 Å². The molecule has 166 valence electrons. The Morgan fingerprint density at radius 1 is 1.06 bits per heavy atom. The van der Waals surface area contributed by atoms with Crippen LogP contribution >= 0.6 is 11.3 Å². The Balaban J connectivity index is 1.21. The fraction of sp³-hybridized carbons (Fsp3) is 0.318. The fourth-order valence-corrected chi connectivity index (χ4v) is 4.78. The maximum absolute atomic E-state index is 13.9. The average Bonchev–Trinajstić information content (AvgIpc) is 3.18. The van der Waals surface area contributed by atoms with Gasteiger partial charge in [-0.25, -0.2) is 13.8 Å². The number of ether oxygens (including phenoxy) is 2. The number of aromatic nitrogens is 1. The van der Waals surface area contributed by atoms with E-state index in [4.69, 9.17) is 9.47 Å². The van der Waals surface area contributed by atoms with Crippen LogP contribution in [0.2, 0.25) is 0 Å². The molecule has 5 rings (SSSR count). The number of rotatable bonds is 3. The first-order valence-electron chi connectivity index (χ1n) is 10.2. The predicted octanol–water partition coefficient (Wildman–Crippen LogP) is 3.84. The topological polar surface area (TPSA) is 80.8 Å². The third-order valence-corrected chi connectivity index (χ3v) is 6.53. The van der Waals surface area contributed by atoms with E-state index in [1.807, 2.05) is 6.07 Å². The largest absolute Gasteiger partial charge is 0.486 e. The van der Waals surface area contributed by atoms with Gasteiger partial charge in [-0.3, -0.25) is 9.59 Å². The van der Waals surface area contributed by atoms with Crippen LogP contribution in [0.4, 0.5) is 13.9 Å². The number of anilines is 1. The second-order valence-electron chi connectivity index (χ2n) is 7.66. The zero-order valence-electron chi connectivity index (χ0n) is 16.9. The first-order chi connectivity index (χ1) is 15.5. The molecule has 2 aromatic carbocycles. The summed E-state index contributed by atoms with van der Waals surface area (Å²) >= 11 is 1.35. The molecule has 3 aromatic rings. The SMILES string of the molecule is O=C(Nc1nc2cc3c(cc2s1)OCCO3)C1CCN(C(=O)c2ccc(F)cc2F)CC1. The molecule has 7 nitrogen and oxygen atoms in total. The molecular weight excluding hydrogens is 440 g/mol. The molecule has 0 radical (unpaired) electrons. The van der Waals surface area contributed by atoms with Crippen LogP contribution in [-0.2, 0) is 4.79 Å². The van der Waals surface area contributed by atoms with E-state index in [-0.39, 0.29) is 17.4 Å². The Morgan fingerprint density at radius 2 is 1.78 bits per heavy atom. The van der Waals surface area contributed by atoms with Crippen LogP contribution in [0.3, 0.4) is 0 Å². The van der Waals surface area contributed by atoms with Gasteiger partial charge in [-0.2, -0.15) is 0 Å². The highest BCUT2D eigenvalue weighted by molar-refractivity contribution is 7.22. The highest BCUT2D eigenvalue weighted by Gasteiger charge is 2.29. The lowest BCUT2D eigenvalue weighted by molar-refractivity contribution is -0.121. The molecule has 2 amide bonds. The summed E-state index contributed by atoms with van der Waals surface area (Å²) in [5.74, 6) is -1.26. The first kappa shape index (κ1) is 20.6. The van der Waals surface area contributed by atoms with Gasteiger partial charge in [0, 0.05) is 37.2 Å². The third-order valence-electron chi connectivity index (χ3n) is 5.60. The Morgan fingerprint density at radius 3 is 2.50 bits per heavy atom. The zero-order valence-corrected chi connectivity index (χ0v) is 17.7. The molecule has 1 fully saturated rings. The number of nitrogens with zero attached hydrogens (tertiary/aromatic N) is 2. The van der Waals surface area contributed by atoms with Crippen molar-refractivity contribution in [2.24, 2.45) is 5.92 Å². The number of benzene rings is 2. The molecule has 0 spiro atoms. The van der Waals surface area contributed by atoms with E-state index in [9.17, 15) is 18.4 Å². The van der Waals surface area contributed by atoms with E-state index in [0.29, 0.717) is 61.8 Å². The van der Waals surface area contributed by atoms with Gasteiger partial charge in [-0.1, -0.05) is 11.3 Å². The molecule has 0 atom stereocenters. The second-order valence-corrected chi connectivity index (χ2v) is 8.69. The molecule has 0 unspecified atom stereocenters. The fourth-order valence-electron chi connectivity index (χ4n) is 3.90. The minimum absolute atomic E-state index is 0.165. The number of amides is 2. The lowest BCUT2D eigenvalue weighted by Crippen LogP contribution is -2.41. The summed E-state index contributed by atoms with van der Waals surface area (Å²) < 4.78 is 39.0. The molecule has 1 N–H and O–H groups in total. The molecule has 3 heterocycles. The van der Waals surface area contributed by atoms with E-state index >= 15 is 0 Å². The van der Waals surface area contributed by atoms with Crippen molar-refractivity contribution in [3.63, 3.8) is 0 Å². The van der Waals surface area contributed by atoms with E-state index in [1.54, 1.807) is 6.07 Å². The summed E-state index contributed by atoms with van der Waals surface area (Å²) in [7, 11) is 0. The van der Waals surface area contributed by atoms with Crippen molar-refractivity contribution in [1.29, 1.82) is 0 Å². The molecule has 10 heteroatoms. The minimum Gasteiger partial charge on any atom is -0.486 e. The van der Waals surface area contributed by atoms with Gasteiger partial charge in [0.2, 0.25) is 5.91 Å². The van der Waals surface area contributed by atoms with Crippen molar-refractivity contribution >= 4 is 38.5 Å². The number of likely N-dealkylation sites (tertiary alicyclic amines) is 1. The molecule has 1 saturated heterocycles. The van der Waals surface area contributed by atoms with E-state index in [0.717, 1.165) is 22.3 Å². The minimum atomic E-state index is -0.886. The van der Waals surface area contributed by atoms with Gasteiger partial charge >= 0.3 is 0 Å². The van der Waals surface area contributed by atoms with Crippen molar-refractivity contribution in [3.05, 3.63) is 47.5 Å². The summed E-state index contributed by atoms with van der Waals surface area (Å²) in [5, 5.41) is 3.35. The zero-order chi connectivity index (χ0) is 22.2. The second kappa shape index (κ2) is 8.34. The highest BCUT2D eigenvalue weighted by Crippen LogP contribution is 2.38. The predicted molar refractivity (Wildman–Crippen MR) is 114 cm³/mol. The van der Waals surface area contributed by atoms with Gasteiger partial charge in [0.15, 0.2) is 16.6 Å². The number of halogens is 2. The molecule has 32 heavy (non-hydrogen) atoms. The molecule has 0 bridgehead atoms. The Labute approximate surface area is 185 Å². The number of hydrogen-bond donors (Lipinski definition) is 1. The monoisotopic (exact) mass is 459 g/mol. The molecule has 1 aromatic heterocycles. The van der Waals surface area contributed by atoms with Crippen molar-refractivity contribution in [2.45, 2.75) is 12.8 Å². The van der Waals surface area contributed by atoms with Crippen LogP contribution in [0, 0.1) is 17.6 Å². The van der Waals surface area contributed by atoms with Crippen molar-refractivity contribution < 1.29 is 27.8 Å². The molecule has 0 aliphatic carbocycles. The van der Waals surface area contributed by atoms with Gasteiger partial charge in [0.05, 0.1) is 15.8 Å². The molecule has 0 saturated carbocycles. The highest BCUT2D eigenvalue weighted by atomic mass is 32.1. The number of thiazole rings is 1. The van der Waals surface area contributed by atoms with Crippen molar-refractivity contribution in [3.8, 4) is 11.5 Å². The number of carbonyl (C=O) groups excluding carboxylic acids is 2. The summed E-state index contributed by atoms with van der Waals surface area (Å²) in [6.07, 6.45) is 0.891. The van der Waals surface area contributed by atoms with Gasteiger partial charge in [0.1, 0.15) is 24.8 Å². The van der Waals surface area contributed by atoms with Crippen LogP contribution in [0.5, 0.6) is 11.5 Å². The lowest BCUT2D eigenvalue weighted by atomic mass is 9.95. The number of nitrogens with one attached hydrogen (secondary N) is 1. The maximum Gasteiger partial charge on any atom is 0.256 e. The Hall–Kier alpha value is -3.27. The molecule has 2 aliphatic rings. The quantitative estimate of drug-likeness (QED) is 0.644. The standard InChI is InChI=1S/C22H19F2N3O4S/c23-13-1-2-14(15(24)9-13)21(29)27-5-3-12(4-6-27)20(28)26-22-25-16-10-17-18(11-19(16)32-22)31-8-7-30-17/h1-2,9-12H,3-8H2,(H,25,26,28). The van der Waals surface area contributed by atoms with Crippen LogP contribution in [0.25, 0.3) is 10.2 Å². The summed E-state index contributed by atoms with van der Waals surface area (Å²) in [6, 6.07) is 6.56. The van der Waals surface area contributed by atoms with E-state index in [2.05, 4.69) is 10.3 Å². The third kappa shape index (κ3) is 3.97.